The Bertz CT molecular complexity index is 1520. The molecule has 0 radical (unpaired) electrons. The number of ether oxygens (including phenoxy) is 1. The first kappa shape index (κ1) is 16.7. The van der Waals surface area contributed by atoms with Crippen LogP contribution >= 0.6 is 0 Å². The van der Waals surface area contributed by atoms with Gasteiger partial charge in [-0.25, -0.2) is 4.98 Å². The molecule has 0 saturated heterocycles. The summed E-state index contributed by atoms with van der Waals surface area (Å²) in [6, 6.07) is 25.5. The van der Waals surface area contributed by atoms with E-state index < -0.39 is 0 Å². The van der Waals surface area contributed by atoms with Crippen molar-refractivity contribution in [2.75, 3.05) is 0 Å². The van der Waals surface area contributed by atoms with Crippen LogP contribution < -0.4 is 4.74 Å². The Labute approximate surface area is 171 Å². The number of rotatable bonds is 3. The highest BCUT2D eigenvalue weighted by Crippen LogP contribution is 2.36. The van der Waals surface area contributed by atoms with Crippen molar-refractivity contribution in [2.45, 2.75) is 0 Å². The van der Waals surface area contributed by atoms with Gasteiger partial charge in [0.15, 0.2) is 5.82 Å². The van der Waals surface area contributed by atoms with Crippen molar-refractivity contribution < 1.29 is 9.15 Å². The first-order valence-corrected chi connectivity index (χ1v) is 9.61. The van der Waals surface area contributed by atoms with Gasteiger partial charge >= 0.3 is 0 Å². The number of hydrogen-bond donors (Lipinski definition) is 0. The molecule has 5 nitrogen and oxygen atoms in total. The Balaban J connectivity index is 1.57. The molecule has 0 spiro atoms. The first-order chi connectivity index (χ1) is 14.8. The summed E-state index contributed by atoms with van der Waals surface area (Å²) >= 11 is 0. The van der Waals surface area contributed by atoms with E-state index in [4.69, 9.17) is 19.1 Å². The van der Waals surface area contributed by atoms with Gasteiger partial charge in [-0.3, -0.25) is 4.98 Å². The molecule has 6 rings (SSSR count). The average molecular weight is 389 g/mol. The maximum absolute atomic E-state index is 6.23. The van der Waals surface area contributed by atoms with Crippen LogP contribution in [0.3, 0.4) is 0 Å². The molecule has 0 unspecified atom stereocenters. The zero-order valence-electron chi connectivity index (χ0n) is 15.8. The molecule has 6 aromatic rings. The van der Waals surface area contributed by atoms with Crippen LogP contribution in [0.5, 0.6) is 11.6 Å². The maximum atomic E-state index is 6.23. The molecule has 0 aliphatic rings. The van der Waals surface area contributed by atoms with Crippen molar-refractivity contribution in [1.82, 2.24) is 15.0 Å². The molecule has 0 bridgehead atoms. The van der Waals surface area contributed by atoms with E-state index in [1.54, 1.807) is 6.20 Å². The fourth-order valence-corrected chi connectivity index (χ4v) is 3.59. The zero-order valence-corrected chi connectivity index (χ0v) is 15.8. The second-order valence-corrected chi connectivity index (χ2v) is 6.98. The summed E-state index contributed by atoms with van der Waals surface area (Å²) in [4.78, 5) is 13.7. The summed E-state index contributed by atoms with van der Waals surface area (Å²) < 4.78 is 12.3. The van der Waals surface area contributed by atoms with Gasteiger partial charge < -0.3 is 9.15 Å². The topological polar surface area (TPSA) is 61.0 Å². The quantitative estimate of drug-likeness (QED) is 0.351. The minimum atomic E-state index is 0.392. The van der Waals surface area contributed by atoms with Crippen molar-refractivity contribution in [1.29, 1.82) is 0 Å². The third-order valence-electron chi connectivity index (χ3n) is 5.05. The number of aromatic nitrogens is 3. The monoisotopic (exact) mass is 389 g/mol. The minimum absolute atomic E-state index is 0.392. The maximum Gasteiger partial charge on any atom is 0.267 e. The molecule has 5 heteroatoms. The second kappa shape index (κ2) is 6.67. The van der Waals surface area contributed by atoms with Crippen LogP contribution in [-0.4, -0.2) is 15.0 Å². The molecule has 3 heterocycles. The molecule has 3 aromatic heterocycles. The lowest BCUT2D eigenvalue weighted by Gasteiger charge is -2.08. The summed E-state index contributed by atoms with van der Waals surface area (Å²) in [5, 5.41) is 3.02. The summed E-state index contributed by atoms with van der Waals surface area (Å²) in [6.45, 7) is 0. The smallest absolute Gasteiger partial charge is 0.267 e. The van der Waals surface area contributed by atoms with Gasteiger partial charge in [-0.05, 0) is 41.8 Å². The molecule has 0 atom stereocenters. The number of benzene rings is 3. The van der Waals surface area contributed by atoms with E-state index in [2.05, 4.69) is 4.98 Å². The van der Waals surface area contributed by atoms with E-state index in [9.17, 15) is 0 Å². The minimum Gasteiger partial charge on any atom is -0.449 e. The third kappa shape index (κ3) is 2.76. The Morgan fingerprint density at radius 2 is 1.63 bits per heavy atom. The Morgan fingerprint density at radius 3 is 2.57 bits per heavy atom. The molecule has 142 valence electrons. The molecule has 0 N–H and O–H groups in total. The largest absolute Gasteiger partial charge is 0.449 e. The van der Waals surface area contributed by atoms with Crippen LogP contribution in [0.4, 0.5) is 0 Å². The Morgan fingerprint density at radius 1 is 0.767 bits per heavy atom. The predicted octanol–water partition coefficient (Wildman–Crippen LogP) is 6.38. The lowest BCUT2D eigenvalue weighted by atomic mass is 10.2. The van der Waals surface area contributed by atoms with Gasteiger partial charge in [-0.2, -0.15) is 4.98 Å². The van der Waals surface area contributed by atoms with Gasteiger partial charge in [0.25, 0.3) is 5.88 Å². The number of furan rings is 1. The number of fused-ring (bicyclic) bond motifs is 4. The van der Waals surface area contributed by atoms with E-state index in [-0.39, 0.29) is 0 Å². The second-order valence-electron chi connectivity index (χ2n) is 6.98. The molecule has 30 heavy (non-hydrogen) atoms. The molecule has 0 aliphatic heterocycles. The van der Waals surface area contributed by atoms with E-state index in [0.717, 1.165) is 32.8 Å². The van der Waals surface area contributed by atoms with Crippen LogP contribution in [0.2, 0.25) is 0 Å². The highest BCUT2D eigenvalue weighted by molar-refractivity contribution is 6.04. The lowest BCUT2D eigenvalue weighted by molar-refractivity contribution is 0.457. The van der Waals surface area contributed by atoms with E-state index >= 15 is 0 Å². The predicted molar refractivity (Wildman–Crippen MR) is 117 cm³/mol. The molecule has 0 fully saturated rings. The summed E-state index contributed by atoms with van der Waals surface area (Å²) in [6.07, 6.45) is 3.59. The van der Waals surface area contributed by atoms with Crippen molar-refractivity contribution >= 4 is 32.8 Å². The van der Waals surface area contributed by atoms with Gasteiger partial charge in [-0.15, -0.1) is 0 Å². The van der Waals surface area contributed by atoms with Gasteiger partial charge in [-0.1, -0.05) is 42.5 Å². The van der Waals surface area contributed by atoms with Crippen molar-refractivity contribution in [2.24, 2.45) is 0 Å². The van der Waals surface area contributed by atoms with Crippen LogP contribution in [0, 0.1) is 0 Å². The van der Waals surface area contributed by atoms with Crippen LogP contribution in [0.1, 0.15) is 0 Å². The normalized spacial score (nSPS) is 11.3. The molecular weight excluding hydrogens is 374 g/mol. The number of nitrogens with zero attached hydrogens (tertiary/aromatic N) is 3. The standard InChI is InChI=1S/C25H15N3O2/c1-2-6-16(7-3-1)24-27-22-20-8-4-5-9-21(20)30-23(22)25(28-24)29-19-11-10-18-15-26-13-12-17(18)14-19/h1-15H. The fraction of sp³-hybridized carbons (Fsp3) is 0. The first-order valence-electron chi connectivity index (χ1n) is 9.61. The number of pyridine rings is 1. The molecule has 0 amide bonds. The Hall–Kier alpha value is -4.25. The molecule has 0 aliphatic carbocycles. The van der Waals surface area contributed by atoms with E-state index in [1.807, 2.05) is 85.1 Å². The summed E-state index contributed by atoms with van der Waals surface area (Å²) in [5.41, 5.74) is 2.94. The summed E-state index contributed by atoms with van der Waals surface area (Å²) in [5.74, 6) is 1.66. The summed E-state index contributed by atoms with van der Waals surface area (Å²) in [7, 11) is 0. The van der Waals surface area contributed by atoms with Gasteiger partial charge in [0.2, 0.25) is 5.58 Å². The van der Waals surface area contributed by atoms with E-state index in [1.165, 1.54) is 0 Å². The van der Waals surface area contributed by atoms with Crippen LogP contribution in [-0.2, 0) is 0 Å². The highest BCUT2D eigenvalue weighted by atomic mass is 16.5. The number of para-hydroxylation sites is 1. The lowest BCUT2D eigenvalue weighted by Crippen LogP contribution is -1.95. The highest BCUT2D eigenvalue weighted by Gasteiger charge is 2.18. The Kier molecular flexibility index (Phi) is 3.71. The third-order valence-corrected chi connectivity index (χ3v) is 5.05. The van der Waals surface area contributed by atoms with E-state index in [0.29, 0.717) is 23.0 Å². The average Bonchev–Trinajstić information content (AvgIpc) is 3.19. The van der Waals surface area contributed by atoms with Gasteiger partial charge in [0.1, 0.15) is 16.8 Å². The SMILES string of the molecule is c1ccc(-c2nc(Oc3ccc4cnccc4c3)c3oc4ccccc4c3n2)cc1. The zero-order chi connectivity index (χ0) is 19.9. The number of hydrogen-bond acceptors (Lipinski definition) is 5. The van der Waals surface area contributed by atoms with Crippen molar-refractivity contribution in [3.8, 4) is 23.0 Å². The van der Waals surface area contributed by atoms with Gasteiger partial charge in [0.05, 0.1) is 0 Å². The molecular formula is C25H15N3O2. The van der Waals surface area contributed by atoms with Crippen molar-refractivity contribution in [3.63, 3.8) is 0 Å². The van der Waals surface area contributed by atoms with Crippen LogP contribution in [0.25, 0.3) is 44.2 Å². The van der Waals surface area contributed by atoms with Crippen molar-refractivity contribution in [3.05, 3.63) is 91.3 Å². The molecule has 0 saturated carbocycles. The van der Waals surface area contributed by atoms with Crippen LogP contribution in [0.15, 0.2) is 95.7 Å². The fourth-order valence-electron chi connectivity index (χ4n) is 3.59. The molecule has 3 aromatic carbocycles. The van der Waals surface area contributed by atoms with Gasteiger partial charge in [0, 0.05) is 28.7 Å².